The van der Waals surface area contributed by atoms with Gasteiger partial charge in [0, 0.05) is 13.0 Å². The van der Waals surface area contributed by atoms with Crippen molar-refractivity contribution in [2.45, 2.75) is 39.2 Å². The molecule has 4 rings (SSSR count). The number of unbranched alkanes of at least 4 members (excludes halogenated alkanes) is 1. The highest BCUT2D eigenvalue weighted by Gasteiger charge is 2.12. The smallest absolute Gasteiger partial charge is 0.408 e. The van der Waals surface area contributed by atoms with E-state index in [-0.39, 0.29) is 18.9 Å². The number of aryl methyl sites for hydroxylation is 2. The van der Waals surface area contributed by atoms with Crippen LogP contribution in [0.5, 0.6) is 0 Å². The molecule has 0 atom stereocenters. The van der Waals surface area contributed by atoms with Gasteiger partial charge >= 0.3 is 5.76 Å². The zero-order valence-corrected chi connectivity index (χ0v) is 16.4. The molecule has 144 valence electrons. The van der Waals surface area contributed by atoms with Crippen LogP contribution in [0.25, 0.3) is 21.3 Å². The number of hydrogen-bond donors (Lipinski definition) is 1. The van der Waals surface area contributed by atoms with Crippen LogP contribution in [0.2, 0.25) is 0 Å². The Kier molecular flexibility index (Phi) is 5.25. The highest BCUT2D eigenvalue weighted by Crippen LogP contribution is 2.27. The first-order chi connectivity index (χ1) is 13.6. The third-order valence-electron chi connectivity index (χ3n) is 4.65. The first kappa shape index (κ1) is 18.4. The number of oxazole rings is 1. The average molecular weight is 395 g/mol. The van der Waals surface area contributed by atoms with Crippen molar-refractivity contribution in [1.82, 2.24) is 9.55 Å². The lowest BCUT2D eigenvalue weighted by Crippen LogP contribution is -2.19. The molecule has 0 bridgehead atoms. The summed E-state index contributed by atoms with van der Waals surface area (Å²) >= 11 is 1.47. The van der Waals surface area contributed by atoms with Crippen LogP contribution < -0.4 is 11.1 Å². The van der Waals surface area contributed by atoms with Gasteiger partial charge in [-0.15, -0.1) is 0 Å². The van der Waals surface area contributed by atoms with Gasteiger partial charge in [-0.25, -0.2) is 9.78 Å². The molecular weight excluding hydrogens is 374 g/mol. The third-order valence-corrected chi connectivity index (χ3v) is 5.59. The molecule has 2 aromatic carbocycles. The molecule has 4 aromatic rings. The highest BCUT2D eigenvalue weighted by molar-refractivity contribution is 7.22. The van der Waals surface area contributed by atoms with E-state index in [4.69, 9.17) is 4.42 Å². The molecule has 2 aromatic heterocycles. The molecule has 0 spiro atoms. The van der Waals surface area contributed by atoms with Crippen LogP contribution in [0.1, 0.15) is 31.7 Å². The fraction of sp³-hybridized carbons (Fsp3) is 0.286. The molecule has 7 heteroatoms. The minimum Gasteiger partial charge on any atom is -0.408 e. The van der Waals surface area contributed by atoms with Gasteiger partial charge in [0.1, 0.15) is 0 Å². The lowest BCUT2D eigenvalue weighted by molar-refractivity contribution is -0.116. The molecule has 1 N–H and O–H groups in total. The van der Waals surface area contributed by atoms with Crippen molar-refractivity contribution >= 4 is 43.7 Å². The number of benzene rings is 2. The van der Waals surface area contributed by atoms with Gasteiger partial charge in [-0.2, -0.15) is 0 Å². The van der Waals surface area contributed by atoms with Crippen molar-refractivity contribution in [3.8, 4) is 0 Å². The monoisotopic (exact) mass is 395 g/mol. The van der Waals surface area contributed by atoms with Crippen molar-refractivity contribution in [2.24, 2.45) is 0 Å². The van der Waals surface area contributed by atoms with Crippen LogP contribution >= 0.6 is 11.3 Å². The van der Waals surface area contributed by atoms with Gasteiger partial charge in [0.05, 0.1) is 15.7 Å². The van der Waals surface area contributed by atoms with E-state index in [1.807, 2.05) is 24.3 Å². The van der Waals surface area contributed by atoms with Crippen molar-refractivity contribution < 1.29 is 9.21 Å². The van der Waals surface area contributed by atoms with Gasteiger partial charge in [0.25, 0.3) is 0 Å². The van der Waals surface area contributed by atoms with Gasteiger partial charge in [-0.3, -0.25) is 9.36 Å². The van der Waals surface area contributed by atoms with Crippen molar-refractivity contribution in [3.05, 3.63) is 58.6 Å². The number of nitrogens with zero attached hydrogens (tertiary/aromatic N) is 2. The highest BCUT2D eigenvalue weighted by atomic mass is 32.1. The Labute approximate surface area is 165 Å². The van der Waals surface area contributed by atoms with E-state index in [1.165, 1.54) is 21.5 Å². The van der Waals surface area contributed by atoms with Crippen molar-refractivity contribution in [2.75, 3.05) is 5.32 Å². The minimum absolute atomic E-state index is 0.168. The van der Waals surface area contributed by atoms with Gasteiger partial charge in [-0.1, -0.05) is 42.9 Å². The van der Waals surface area contributed by atoms with Gasteiger partial charge < -0.3 is 9.73 Å². The summed E-state index contributed by atoms with van der Waals surface area (Å²) in [6, 6.07) is 13.4. The second kappa shape index (κ2) is 7.98. The van der Waals surface area contributed by atoms with Crippen LogP contribution in [0.3, 0.4) is 0 Å². The van der Waals surface area contributed by atoms with E-state index in [0.717, 1.165) is 29.5 Å². The largest absolute Gasteiger partial charge is 0.419 e. The number of nitrogens with one attached hydrogen (secondary N) is 1. The van der Waals surface area contributed by atoms with E-state index in [0.29, 0.717) is 16.2 Å². The standard InChI is InChI=1S/C21H21N3O3S/c1-2-3-6-14-9-10-15-18(13-14)28-20(22-15)23-19(25)11-12-24-16-7-4-5-8-17(16)27-21(24)26/h4-5,7-10,13H,2-3,6,11-12H2,1H3,(H,22,23,25). The second-order valence-corrected chi connectivity index (χ2v) is 7.74. The zero-order valence-electron chi connectivity index (χ0n) is 15.6. The normalized spacial score (nSPS) is 11.3. The molecule has 0 aliphatic carbocycles. The maximum Gasteiger partial charge on any atom is 0.419 e. The Balaban J connectivity index is 1.43. The van der Waals surface area contributed by atoms with Crippen LogP contribution in [-0.2, 0) is 17.8 Å². The summed E-state index contributed by atoms with van der Waals surface area (Å²) in [5, 5.41) is 3.43. The molecule has 6 nitrogen and oxygen atoms in total. The molecule has 0 saturated heterocycles. The van der Waals surface area contributed by atoms with E-state index in [2.05, 4.69) is 29.4 Å². The quantitative estimate of drug-likeness (QED) is 0.497. The van der Waals surface area contributed by atoms with Gasteiger partial charge in [-0.05, 0) is 42.7 Å². The number of fused-ring (bicyclic) bond motifs is 2. The van der Waals surface area contributed by atoms with Crippen molar-refractivity contribution in [1.29, 1.82) is 0 Å². The predicted octanol–water partition coefficient (Wildman–Crippen LogP) is 4.58. The number of carbonyl (C=O) groups excluding carboxylic acids is 1. The molecule has 0 saturated carbocycles. The topological polar surface area (TPSA) is 77.1 Å². The number of amides is 1. The van der Waals surface area contributed by atoms with Crippen molar-refractivity contribution in [3.63, 3.8) is 0 Å². The fourth-order valence-electron chi connectivity index (χ4n) is 3.18. The van der Waals surface area contributed by atoms with E-state index >= 15 is 0 Å². The summed E-state index contributed by atoms with van der Waals surface area (Å²) in [5.74, 6) is -0.629. The summed E-state index contributed by atoms with van der Waals surface area (Å²) in [4.78, 5) is 28.8. The number of anilines is 1. The Bertz CT molecular complexity index is 1190. The molecule has 28 heavy (non-hydrogen) atoms. The van der Waals surface area contributed by atoms with Crippen LogP contribution in [-0.4, -0.2) is 15.5 Å². The van der Waals surface area contributed by atoms with Crippen LogP contribution in [0.4, 0.5) is 5.13 Å². The van der Waals surface area contributed by atoms with E-state index in [1.54, 1.807) is 6.07 Å². The number of para-hydroxylation sites is 2. The minimum atomic E-state index is -0.450. The Morgan fingerprint density at radius 3 is 2.96 bits per heavy atom. The predicted molar refractivity (Wildman–Crippen MR) is 112 cm³/mol. The molecule has 0 aliphatic heterocycles. The molecule has 2 heterocycles. The first-order valence-corrected chi connectivity index (χ1v) is 10.2. The summed E-state index contributed by atoms with van der Waals surface area (Å²) in [6.07, 6.45) is 3.55. The molecule has 0 aliphatic rings. The summed E-state index contributed by atoms with van der Waals surface area (Å²) in [7, 11) is 0. The van der Waals surface area contributed by atoms with E-state index in [9.17, 15) is 9.59 Å². The number of thiazole rings is 1. The first-order valence-electron chi connectivity index (χ1n) is 9.41. The Morgan fingerprint density at radius 2 is 2.11 bits per heavy atom. The lowest BCUT2D eigenvalue weighted by atomic mass is 10.1. The Morgan fingerprint density at radius 1 is 1.25 bits per heavy atom. The number of carbonyl (C=O) groups is 1. The second-order valence-electron chi connectivity index (χ2n) is 6.71. The zero-order chi connectivity index (χ0) is 19.5. The maximum atomic E-state index is 12.3. The maximum absolute atomic E-state index is 12.3. The van der Waals surface area contributed by atoms with Gasteiger partial charge in [0.15, 0.2) is 10.7 Å². The molecule has 1 amide bonds. The van der Waals surface area contributed by atoms with E-state index < -0.39 is 5.76 Å². The average Bonchev–Trinajstić information content (AvgIpc) is 3.23. The van der Waals surface area contributed by atoms with Crippen LogP contribution in [0, 0.1) is 0 Å². The van der Waals surface area contributed by atoms with Crippen LogP contribution in [0.15, 0.2) is 51.7 Å². The molecule has 0 unspecified atom stereocenters. The summed E-state index contributed by atoms with van der Waals surface area (Å²) in [5.41, 5.74) is 3.40. The number of hydrogen-bond acceptors (Lipinski definition) is 5. The molecular formula is C21H21N3O3S. The Hall–Kier alpha value is -2.93. The molecule has 0 fully saturated rings. The SMILES string of the molecule is CCCCc1ccc2nc(NC(=O)CCn3c(=O)oc4ccccc43)sc2c1. The summed E-state index contributed by atoms with van der Waals surface area (Å²) in [6.45, 7) is 2.44. The lowest BCUT2D eigenvalue weighted by Gasteiger charge is -2.02. The fourth-order valence-corrected chi connectivity index (χ4v) is 4.13. The molecule has 0 radical (unpaired) electrons. The number of aromatic nitrogens is 2. The summed E-state index contributed by atoms with van der Waals surface area (Å²) < 4.78 is 7.74. The number of rotatable bonds is 7. The third kappa shape index (κ3) is 3.84. The van der Waals surface area contributed by atoms with Gasteiger partial charge in [0.2, 0.25) is 5.91 Å².